The third kappa shape index (κ3) is 5.62. The molecule has 0 aliphatic rings. The molecule has 0 atom stereocenters. The molecule has 124 valence electrons. The number of carbonyl (C=O) groups is 1. The molecule has 0 heterocycles. The van der Waals surface area contributed by atoms with Crippen LogP contribution in [0.1, 0.15) is 51.5 Å². The summed E-state index contributed by atoms with van der Waals surface area (Å²) in [6.45, 7) is 5.72. The molecule has 0 unspecified atom stereocenters. The second kappa shape index (κ2) is 9.86. The Labute approximate surface area is 139 Å². The van der Waals surface area contributed by atoms with Crippen molar-refractivity contribution in [1.29, 1.82) is 0 Å². The highest BCUT2D eigenvalue weighted by atomic mass is 35.5. The molecule has 0 spiro atoms. The van der Waals surface area contributed by atoms with E-state index in [0.29, 0.717) is 19.6 Å². The van der Waals surface area contributed by atoms with Crippen LogP contribution in [-0.4, -0.2) is 26.2 Å². The van der Waals surface area contributed by atoms with Gasteiger partial charge >= 0.3 is 0 Å². The van der Waals surface area contributed by atoms with Crippen molar-refractivity contribution in [3.8, 4) is 0 Å². The van der Waals surface area contributed by atoms with Crippen molar-refractivity contribution >= 4 is 17.5 Å². The number of halogens is 1. The van der Waals surface area contributed by atoms with Crippen LogP contribution in [0.2, 0.25) is 5.02 Å². The fourth-order valence-corrected chi connectivity index (χ4v) is 2.83. The van der Waals surface area contributed by atoms with E-state index in [2.05, 4.69) is 31.3 Å². The topological polar surface area (TPSA) is 38.3 Å². The predicted molar refractivity (Wildman–Crippen MR) is 92.4 cm³/mol. The summed E-state index contributed by atoms with van der Waals surface area (Å²) in [5, 5.41) is 3.85. The highest BCUT2D eigenvalue weighted by Crippen LogP contribution is 2.31. The summed E-state index contributed by atoms with van der Waals surface area (Å²) in [5.41, 5.74) is 1.22. The quantitative estimate of drug-likeness (QED) is 0.650. The second-order valence-electron chi connectivity index (χ2n) is 5.72. The molecule has 0 saturated heterocycles. The fraction of sp³-hybridized carbons (Fsp3) is 0.611. The maximum absolute atomic E-state index is 12.0. The average molecular weight is 326 g/mol. The van der Waals surface area contributed by atoms with Gasteiger partial charge in [-0.05, 0) is 43.4 Å². The number of methoxy groups -OCH3 is 1. The van der Waals surface area contributed by atoms with Crippen LogP contribution in [0.4, 0.5) is 0 Å². The van der Waals surface area contributed by atoms with Gasteiger partial charge in [-0.3, -0.25) is 4.79 Å². The van der Waals surface area contributed by atoms with Crippen molar-refractivity contribution in [2.45, 2.75) is 51.4 Å². The summed E-state index contributed by atoms with van der Waals surface area (Å²) >= 11 is 5.98. The lowest BCUT2D eigenvalue weighted by atomic mass is 9.76. The first-order valence-corrected chi connectivity index (χ1v) is 8.47. The highest BCUT2D eigenvalue weighted by molar-refractivity contribution is 6.30. The maximum atomic E-state index is 12.0. The van der Waals surface area contributed by atoms with Crippen molar-refractivity contribution < 1.29 is 9.53 Å². The lowest BCUT2D eigenvalue weighted by molar-refractivity contribution is -0.121. The SMILES string of the molecule is CCC(CC)(CNC(=O)CCCCOC)c1ccc(Cl)cc1. The normalized spacial score (nSPS) is 11.5. The number of benzene rings is 1. The van der Waals surface area contributed by atoms with E-state index in [1.807, 2.05) is 12.1 Å². The molecule has 1 rings (SSSR count). The molecule has 1 amide bonds. The molecule has 1 N–H and O–H groups in total. The lowest BCUT2D eigenvalue weighted by Crippen LogP contribution is -2.40. The molecule has 0 saturated carbocycles. The summed E-state index contributed by atoms with van der Waals surface area (Å²) in [6.07, 6.45) is 4.32. The van der Waals surface area contributed by atoms with Gasteiger partial charge in [-0.25, -0.2) is 0 Å². The van der Waals surface area contributed by atoms with E-state index in [1.165, 1.54) is 5.56 Å². The number of carbonyl (C=O) groups excluding carboxylic acids is 1. The van der Waals surface area contributed by atoms with Gasteiger partial charge in [-0.2, -0.15) is 0 Å². The van der Waals surface area contributed by atoms with Gasteiger partial charge in [-0.1, -0.05) is 37.6 Å². The van der Waals surface area contributed by atoms with Crippen LogP contribution in [0.15, 0.2) is 24.3 Å². The Bertz CT molecular complexity index is 441. The Hall–Kier alpha value is -1.06. The van der Waals surface area contributed by atoms with Gasteiger partial charge in [0.2, 0.25) is 5.91 Å². The predicted octanol–water partition coefficient (Wildman–Crippen LogP) is 4.33. The first kappa shape index (κ1) is 19.0. The molecule has 0 fully saturated rings. The molecular formula is C18H28ClNO2. The molecule has 3 nitrogen and oxygen atoms in total. The van der Waals surface area contributed by atoms with Crippen molar-refractivity contribution in [2.24, 2.45) is 0 Å². The molecule has 0 radical (unpaired) electrons. The second-order valence-corrected chi connectivity index (χ2v) is 6.16. The van der Waals surface area contributed by atoms with Gasteiger partial charge < -0.3 is 10.1 Å². The van der Waals surface area contributed by atoms with E-state index >= 15 is 0 Å². The number of ether oxygens (including phenoxy) is 1. The van der Waals surface area contributed by atoms with E-state index in [9.17, 15) is 4.79 Å². The summed E-state index contributed by atoms with van der Waals surface area (Å²) < 4.78 is 5.00. The third-order valence-electron chi connectivity index (χ3n) is 4.44. The summed E-state index contributed by atoms with van der Waals surface area (Å²) in [4.78, 5) is 12.0. The van der Waals surface area contributed by atoms with Crippen molar-refractivity contribution in [3.05, 3.63) is 34.9 Å². The number of hydrogen-bond donors (Lipinski definition) is 1. The van der Waals surface area contributed by atoms with Crippen molar-refractivity contribution in [2.75, 3.05) is 20.3 Å². The minimum Gasteiger partial charge on any atom is -0.385 e. The Balaban J connectivity index is 2.60. The van der Waals surface area contributed by atoms with Crippen LogP contribution in [0, 0.1) is 0 Å². The Morgan fingerprint density at radius 3 is 2.36 bits per heavy atom. The molecule has 1 aromatic rings. The first-order valence-electron chi connectivity index (χ1n) is 8.09. The highest BCUT2D eigenvalue weighted by Gasteiger charge is 2.28. The van der Waals surface area contributed by atoms with Gasteiger partial charge in [0, 0.05) is 37.1 Å². The van der Waals surface area contributed by atoms with Gasteiger partial charge in [0.15, 0.2) is 0 Å². The molecular weight excluding hydrogens is 298 g/mol. The van der Waals surface area contributed by atoms with Crippen LogP contribution < -0.4 is 5.32 Å². The molecule has 0 aromatic heterocycles. The van der Waals surface area contributed by atoms with Gasteiger partial charge in [0.1, 0.15) is 0 Å². The van der Waals surface area contributed by atoms with Gasteiger partial charge in [0.05, 0.1) is 0 Å². The molecule has 1 aromatic carbocycles. The van der Waals surface area contributed by atoms with Gasteiger partial charge in [-0.15, -0.1) is 0 Å². The van der Waals surface area contributed by atoms with Crippen LogP contribution in [0.5, 0.6) is 0 Å². The molecule has 4 heteroatoms. The molecule has 0 bridgehead atoms. The Morgan fingerprint density at radius 1 is 1.18 bits per heavy atom. The summed E-state index contributed by atoms with van der Waals surface area (Å²) in [5.74, 6) is 0.122. The molecule has 0 aliphatic carbocycles. The van der Waals surface area contributed by atoms with Crippen LogP contribution in [0.3, 0.4) is 0 Å². The monoisotopic (exact) mass is 325 g/mol. The third-order valence-corrected chi connectivity index (χ3v) is 4.69. The lowest BCUT2D eigenvalue weighted by Gasteiger charge is -2.32. The standard InChI is InChI=1S/C18H28ClNO2/c1-4-18(5-2,15-9-11-16(19)12-10-15)14-20-17(21)8-6-7-13-22-3/h9-12H,4-8,13-14H2,1-3H3,(H,20,21). The largest absolute Gasteiger partial charge is 0.385 e. The van der Waals surface area contributed by atoms with E-state index in [0.717, 1.165) is 30.7 Å². The van der Waals surface area contributed by atoms with Crippen LogP contribution in [0.25, 0.3) is 0 Å². The van der Waals surface area contributed by atoms with Crippen molar-refractivity contribution in [1.82, 2.24) is 5.32 Å². The number of hydrogen-bond acceptors (Lipinski definition) is 2. The smallest absolute Gasteiger partial charge is 0.220 e. The zero-order chi connectivity index (χ0) is 16.4. The van der Waals surface area contributed by atoms with E-state index in [-0.39, 0.29) is 11.3 Å². The zero-order valence-corrected chi connectivity index (χ0v) is 14.7. The summed E-state index contributed by atoms with van der Waals surface area (Å²) in [6, 6.07) is 7.98. The first-order chi connectivity index (χ1) is 10.6. The zero-order valence-electron chi connectivity index (χ0n) is 14.0. The van der Waals surface area contributed by atoms with Crippen molar-refractivity contribution in [3.63, 3.8) is 0 Å². The number of nitrogens with one attached hydrogen (secondary N) is 1. The molecule has 0 aliphatic heterocycles. The average Bonchev–Trinajstić information content (AvgIpc) is 2.54. The number of rotatable bonds is 10. The van der Waals surface area contributed by atoms with Crippen LogP contribution >= 0.6 is 11.6 Å². The van der Waals surface area contributed by atoms with Crippen LogP contribution in [-0.2, 0) is 14.9 Å². The fourth-order valence-electron chi connectivity index (χ4n) is 2.70. The minimum absolute atomic E-state index is 0.0211. The maximum Gasteiger partial charge on any atom is 0.220 e. The number of amides is 1. The number of unbranched alkanes of at least 4 members (excludes halogenated alkanes) is 1. The Morgan fingerprint density at radius 2 is 1.82 bits per heavy atom. The van der Waals surface area contributed by atoms with E-state index in [1.54, 1.807) is 7.11 Å². The van der Waals surface area contributed by atoms with Gasteiger partial charge in [0.25, 0.3) is 0 Å². The Kier molecular flexibility index (Phi) is 8.51. The van der Waals surface area contributed by atoms with E-state index in [4.69, 9.17) is 16.3 Å². The summed E-state index contributed by atoms with van der Waals surface area (Å²) in [7, 11) is 1.68. The minimum atomic E-state index is -0.0211. The molecule has 22 heavy (non-hydrogen) atoms. The van der Waals surface area contributed by atoms with E-state index < -0.39 is 0 Å².